The Hall–Kier alpha value is -2.13. The fourth-order valence-corrected chi connectivity index (χ4v) is 1.95. The average Bonchev–Trinajstić information content (AvgIpc) is 2.47. The van der Waals surface area contributed by atoms with Gasteiger partial charge in [-0.25, -0.2) is 0 Å². The lowest BCUT2D eigenvalue weighted by Gasteiger charge is -2.09. The van der Waals surface area contributed by atoms with Crippen molar-refractivity contribution in [2.45, 2.75) is 6.92 Å². The Balaban J connectivity index is 2.24. The van der Waals surface area contributed by atoms with Crippen LogP contribution in [0.2, 0.25) is 0 Å². The molecule has 0 saturated carbocycles. The second-order valence-corrected chi connectivity index (χ2v) is 4.69. The number of benzene rings is 2. The zero-order valence-electron chi connectivity index (χ0n) is 11.0. The first-order valence-electron chi connectivity index (χ1n) is 6.18. The van der Waals surface area contributed by atoms with Gasteiger partial charge in [0.05, 0.1) is 11.6 Å². The number of amides is 1. The van der Waals surface area contributed by atoms with Crippen LogP contribution in [0.4, 0.5) is 5.69 Å². The van der Waals surface area contributed by atoms with Crippen molar-refractivity contribution in [3.8, 4) is 0 Å². The highest BCUT2D eigenvalue weighted by Gasteiger charge is 2.12. The molecule has 3 nitrogen and oxygen atoms in total. The molecule has 2 aromatic rings. The minimum Gasteiger partial charge on any atom is -0.321 e. The van der Waals surface area contributed by atoms with Gasteiger partial charge in [0.1, 0.15) is 0 Å². The standard InChI is InChI=1S/C16H14ClNO2/c1-11-6-8-12(9-7-11)16(20)18-14-5-3-2-4-13(14)15(19)10-17/h2-9H,10H2,1H3,(H,18,20). The number of nitrogens with one attached hydrogen (secondary N) is 1. The van der Waals surface area contributed by atoms with Crippen LogP contribution in [-0.4, -0.2) is 17.6 Å². The van der Waals surface area contributed by atoms with E-state index < -0.39 is 0 Å². The number of ketones is 1. The molecule has 4 heteroatoms. The fraction of sp³-hybridized carbons (Fsp3) is 0.125. The van der Waals surface area contributed by atoms with Gasteiger partial charge in [-0.15, -0.1) is 11.6 Å². The number of alkyl halides is 1. The Morgan fingerprint density at radius 1 is 1.05 bits per heavy atom. The van der Waals surface area contributed by atoms with Crippen molar-refractivity contribution in [2.24, 2.45) is 0 Å². The minimum atomic E-state index is -0.250. The maximum atomic E-state index is 12.1. The lowest BCUT2D eigenvalue weighted by molar-refractivity contribution is 0.102. The Morgan fingerprint density at radius 2 is 1.70 bits per heavy atom. The second kappa shape index (κ2) is 6.35. The van der Waals surface area contributed by atoms with Crippen molar-refractivity contribution < 1.29 is 9.59 Å². The molecule has 2 rings (SSSR count). The van der Waals surface area contributed by atoms with E-state index in [2.05, 4.69) is 5.32 Å². The van der Waals surface area contributed by atoms with Gasteiger partial charge in [0.15, 0.2) is 5.78 Å². The molecule has 0 fully saturated rings. The molecular formula is C16H14ClNO2. The smallest absolute Gasteiger partial charge is 0.255 e. The number of Topliss-reactive ketones (excluding diaryl/α,β-unsaturated/α-hetero) is 1. The van der Waals surface area contributed by atoms with Crippen LogP contribution >= 0.6 is 11.6 Å². The molecule has 2 aromatic carbocycles. The first-order chi connectivity index (χ1) is 9.61. The molecular weight excluding hydrogens is 274 g/mol. The predicted octanol–water partition coefficient (Wildman–Crippen LogP) is 3.67. The molecule has 0 spiro atoms. The monoisotopic (exact) mass is 287 g/mol. The summed E-state index contributed by atoms with van der Waals surface area (Å²) in [6.07, 6.45) is 0. The SMILES string of the molecule is Cc1ccc(C(=O)Nc2ccccc2C(=O)CCl)cc1. The highest BCUT2D eigenvalue weighted by Crippen LogP contribution is 2.17. The Labute approximate surface area is 122 Å². The minimum absolute atomic E-state index is 0.114. The number of anilines is 1. The van der Waals surface area contributed by atoms with E-state index in [1.54, 1.807) is 36.4 Å². The summed E-state index contributed by atoms with van der Waals surface area (Å²) >= 11 is 5.57. The van der Waals surface area contributed by atoms with E-state index in [1.165, 1.54) is 0 Å². The lowest BCUT2D eigenvalue weighted by Crippen LogP contribution is -2.15. The summed E-state index contributed by atoms with van der Waals surface area (Å²) in [7, 11) is 0. The molecule has 0 bridgehead atoms. The van der Waals surface area contributed by atoms with Crippen molar-refractivity contribution in [1.82, 2.24) is 0 Å². The van der Waals surface area contributed by atoms with Crippen LogP contribution in [-0.2, 0) is 0 Å². The van der Waals surface area contributed by atoms with Crippen molar-refractivity contribution in [2.75, 3.05) is 11.2 Å². The van der Waals surface area contributed by atoms with Gasteiger partial charge in [0.25, 0.3) is 5.91 Å². The summed E-state index contributed by atoms with van der Waals surface area (Å²) < 4.78 is 0. The number of hydrogen-bond donors (Lipinski definition) is 1. The fourth-order valence-electron chi connectivity index (χ4n) is 1.81. The first-order valence-corrected chi connectivity index (χ1v) is 6.71. The number of aryl methyl sites for hydroxylation is 1. The van der Waals surface area contributed by atoms with E-state index in [0.717, 1.165) is 5.56 Å². The van der Waals surface area contributed by atoms with Crippen molar-refractivity contribution in [3.05, 3.63) is 65.2 Å². The number of para-hydroxylation sites is 1. The Bertz CT molecular complexity index is 635. The molecule has 0 aliphatic heterocycles. The number of carbonyl (C=O) groups is 2. The largest absolute Gasteiger partial charge is 0.321 e. The van der Waals surface area contributed by atoms with E-state index in [9.17, 15) is 9.59 Å². The molecule has 0 unspecified atom stereocenters. The summed E-state index contributed by atoms with van der Waals surface area (Å²) in [5.74, 6) is -0.580. The summed E-state index contributed by atoms with van der Waals surface area (Å²) in [6.45, 7) is 1.95. The molecule has 0 aliphatic rings. The van der Waals surface area contributed by atoms with Gasteiger partial charge in [-0.05, 0) is 31.2 Å². The predicted molar refractivity (Wildman–Crippen MR) is 80.6 cm³/mol. The molecule has 0 radical (unpaired) electrons. The van der Waals surface area contributed by atoms with E-state index >= 15 is 0 Å². The Kier molecular flexibility index (Phi) is 4.53. The lowest BCUT2D eigenvalue weighted by atomic mass is 10.1. The third kappa shape index (κ3) is 3.25. The van der Waals surface area contributed by atoms with E-state index in [1.807, 2.05) is 19.1 Å². The van der Waals surface area contributed by atoms with E-state index in [0.29, 0.717) is 16.8 Å². The molecule has 1 amide bonds. The number of carbonyl (C=O) groups excluding carboxylic acids is 2. The molecule has 0 aromatic heterocycles. The zero-order valence-corrected chi connectivity index (χ0v) is 11.8. The number of hydrogen-bond acceptors (Lipinski definition) is 2. The van der Waals surface area contributed by atoms with Crippen LogP contribution in [0, 0.1) is 6.92 Å². The van der Waals surface area contributed by atoms with Gasteiger partial charge in [-0.2, -0.15) is 0 Å². The van der Waals surface area contributed by atoms with Crippen LogP contribution in [0.1, 0.15) is 26.3 Å². The van der Waals surface area contributed by atoms with Crippen LogP contribution in [0.3, 0.4) is 0 Å². The molecule has 1 N–H and O–H groups in total. The van der Waals surface area contributed by atoms with E-state index in [-0.39, 0.29) is 17.6 Å². The third-order valence-electron chi connectivity index (χ3n) is 2.91. The number of rotatable bonds is 4. The van der Waals surface area contributed by atoms with Gasteiger partial charge in [0, 0.05) is 11.1 Å². The summed E-state index contributed by atoms with van der Waals surface area (Å²) in [6, 6.07) is 14.1. The third-order valence-corrected chi connectivity index (χ3v) is 3.15. The quantitative estimate of drug-likeness (QED) is 0.689. The zero-order chi connectivity index (χ0) is 14.5. The van der Waals surface area contributed by atoms with Crippen LogP contribution < -0.4 is 5.32 Å². The van der Waals surface area contributed by atoms with Gasteiger partial charge >= 0.3 is 0 Å². The van der Waals surface area contributed by atoms with Crippen molar-refractivity contribution in [3.63, 3.8) is 0 Å². The molecule has 102 valence electrons. The molecule has 0 aliphatic carbocycles. The molecule has 0 saturated heterocycles. The average molecular weight is 288 g/mol. The first kappa shape index (κ1) is 14.3. The normalized spacial score (nSPS) is 10.1. The highest BCUT2D eigenvalue weighted by atomic mass is 35.5. The topological polar surface area (TPSA) is 46.2 Å². The number of halogens is 1. The second-order valence-electron chi connectivity index (χ2n) is 4.42. The van der Waals surface area contributed by atoms with Gasteiger partial charge in [-0.1, -0.05) is 29.8 Å². The van der Waals surface area contributed by atoms with Gasteiger partial charge in [0.2, 0.25) is 0 Å². The maximum absolute atomic E-state index is 12.1. The summed E-state index contributed by atoms with van der Waals surface area (Å²) in [5.41, 5.74) is 2.52. The molecule has 0 heterocycles. The van der Waals surface area contributed by atoms with Crippen LogP contribution in [0.5, 0.6) is 0 Å². The van der Waals surface area contributed by atoms with Gasteiger partial charge in [-0.3, -0.25) is 9.59 Å². The van der Waals surface area contributed by atoms with Gasteiger partial charge < -0.3 is 5.32 Å². The maximum Gasteiger partial charge on any atom is 0.255 e. The van der Waals surface area contributed by atoms with Crippen molar-refractivity contribution >= 4 is 29.0 Å². The Morgan fingerprint density at radius 3 is 2.35 bits per heavy atom. The molecule has 20 heavy (non-hydrogen) atoms. The van der Waals surface area contributed by atoms with Crippen molar-refractivity contribution in [1.29, 1.82) is 0 Å². The molecule has 0 atom stereocenters. The summed E-state index contributed by atoms with van der Waals surface area (Å²) in [5, 5.41) is 2.74. The van der Waals surface area contributed by atoms with Crippen LogP contribution in [0.15, 0.2) is 48.5 Å². The van der Waals surface area contributed by atoms with E-state index in [4.69, 9.17) is 11.6 Å². The highest BCUT2D eigenvalue weighted by molar-refractivity contribution is 6.31. The van der Waals surface area contributed by atoms with Crippen LogP contribution in [0.25, 0.3) is 0 Å². The summed E-state index contributed by atoms with van der Waals surface area (Å²) in [4.78, 5) is 23.8.